The van der Waals surface area contributed by atoms with E-state index in [9.17, 15) is 8.78 Å². The van der Waals surface area contributed by atoms with Crippen LogP contribution in [0.25, 0.3) is 0 Å². The van der Waals surface area contributed by atoms with E-state index in [1.165, 1.54) is 12.1 Å². The molecular weight excluding hydrogens is 260 g/mol. The minimum absolute atomic E-state index is 0.337. The number of anilines is 2. The predicted molar refractivity (Wildman–Crippen MR) is 76.0 cm³/mol. The van der Waals surface area contributed by atoms with Crippen LogP contribution in [0.15, 0.2) is 36.5 Å². The summed E-state index contributed by atoms with van der Waals surface area (Å²) in [5, 5.41) is 3.13. The number of benzene rings is 1. The molecule has 0 atom stereocenters. The van der Waals surface area contributed by atoms with Gasteiger partial charge in [0.2, 0.25) is 0 Å². The average Bonchev–Trinajstić information content (AvgIpc) is 2.45. The van der Waals surface area contributed by atoms with Gasteiger partial charge in [-0.2, -0.15) is 0 Å². The Balaban J connectivity index is 2.38. The first-order chi connectivity index (χ1) is 9.63. The zero-order valence-electron chi connectivity index (χ0n) is 11.5. The first-order valence-corrected chi connectivity index (χ1v) is 6.47. The van der Waals surface area contributed by atoms with Crippen LogP contribution < -0.4 is 10.2 Å². The molecule has 1 heterocycles. The zero-order chi connectivity index (χ0) is 14.5. The van der Waals surface area contributed by atoms with Gasteiger partial charge in [-0.25, -0.2) is 13.8 Å². The van der Waals surface area contributed by atoms with Crippen molar-refractivity contribution >= 4 is 11.5 Å². The van der Waals surface area contributed by atoms with Crippen molar-refractivity contribution in [1.29, 1.82) is 0 Å². The van der Waals surface area contributed by atoms with Gasteiger partial charge in [-0.15, -0.1) is 0 Å². The minimum Gasteiger partial charge on any atom is -0.327 e. The summed E-state index contributed by atoms with van der Waals surface area (Å²) in [6, 6.07) is 7.85. The van der Waals surface area contributed by atoms with E-state index in [4.69, 9.17) is 0 Å². The highest BCUT2D eigenvalue weighted by atomic mass is 19.1. The highest BCUT2D eigenvalue weighted by Crippen LogP contribution is 2.27. The molecule has 5 heteroatoms. The van der Waals surface area contributed by atoms with Crippen molar-refractivity contribution in [2.75, 3.05) is 18.5 Å². The zero-order valence-corrected chi connectivity index (χ0v) is 11.5. The van der Waals surface area contributed by atoms with Crippen molar-refractivity contribution in [3.05, 3.63) is 53.7 Å². The van der Waals surface area contributed by atoms with Crippen molar-refractivity contribution in [1.82, 2.24) is 10.3 Å². The average molecular weight is 277 g/mol. The Morgan fingerprint density at radius 1 is 1.25 bits per heavy atom. The lowest BCUT2D eigenvalue weighted by molar-refractivity contribution is 0.613. The number of nitrogens with zero attached hydrogens (tertiary/aromatic N) is 2. The second kappa shape index (κ2) is 6.43. The Hall–Kier alpha value is -2.01. The molecule has 0 spiro atoms. The summed E-state index contributed by atoms with van der Waals surface area (Å²) in [7, 11) is 1.72. The van der Waals surface area contributed by atoms with E-state index in [1.54, 1.807) is 30.1 Å². The molecule has 0 aliphatic carbocycles. The first kappa shape index (κ1) is 14.4. The maximum absolute atomic E-state index is 13.8. The lowest BCUT2D eigenvalue weighted by Gasteiger charge is -2.22. The molecule has 0 aliphatic rings. The lowest BCUT2D eigenvalue weighted by Crippen LogP contribution is -2.19. The molecule has 0 saturated heterocycles. The summed E-state index contributed by atoms with van der Waals surface area (Å²) in [5.41, 5.74) is 1.10. The van der Waals surface area contributed by atoms with Crippen molar-refractivity contribution in [3.8, 4) is 0 Å². The molecule has 0 aliphatic heterocycles. The third-order valence-electron chi connectivity index (χ3n) is 3.01. The van der Waals surface area contributed by atoms with Gasteiger partial charge in [-0.05, 0) is 24.7 Å². The van der Waals surface area contributed by atoms with E-state index in [2.05, 4.69) is 10.3 Å². The number of hydrogen-bond acceptors (Lipinski definition) is 3. The number of rotatable bonds is 5. The molecule has 0 unspecified atom stereocenters. The topological polar surface area (TPSA) is 28.2 Å². The van der Waals surface area contributed by atoms with Gasteiger partial charge < -0.3 is 10.2 Å². The molecule has 3 nitrogen and oxygen atoms in total. The van der Waals surface area contributed by atoms with Gasteiger partial charge in [-0.1, -0.05) is 19.1 Å². The Labute approximate surface area is 117 Å². The van der Waals surface area contributed by atoms with Gasteiger partial charge >= 0.3 is 0 Å². The second-order valence-corrected chi connectivity index (χ2v) is 4.43. The van der Waals surface area contributed by atoms with Crippen LogP contribution in [0.2, 0.25) is 0 Å². The quantitative estimate of drug-likeness (QED) is 0.909. The maximum Gasteiger partial charge on any atom is 0.146 e. The molecule has 0 amide bonds. The van der Waals surface area contributed by atoms with E-state index in [0.717, 1.165) is 12.7 Å². The van der Waals surface area contributed by atoms with Crippen LogP contribution in [0.4, 0.5) is 20.3 Å². The molecule has 2 aromatic rings. The van der Waals surface area contributed by atoms with E-state index in [0.29, 0.717) is 23.6 Å². The van der Waals surface area contributed by atoms with Crippen LogP contribution in [-0.2, 0) is 6.54 Å². The largest absolute Gasteiger partial charge is 0.327 e. The number of nitrogens with one attached hydrogen (secondary N) is 1. The van der Waals surface area contributed by atoms with E-state index in [-0.39, 0.29) is 5.82 Å². The molecular formula is C15H17F2N3. The molecule has 1 N–H and O–H groups in total. The number of hydrogen-bond donors (Lipinski definition) is 1. The Morgan fingerprint density at radius 2 is 2.00 bits per heavy atom. The third kappa shape index (κ3) is 3.11. The summed E-state index contributed by atoms with van der Waals surface area (Å²) in [6.07, 6.45) is 1.14. The number of para-hydroxylation sites is 1. The Bertz CT molecular complexity index is 587. The predicted octanol–water partition coefficient (Wildman–Crippen LogP) is 3.24. The SMILES string of the molecule is CCNCc1cc(F)cnc1N(C)c1ccccc1F. The summed E-state index contributed by atoms with van der Waals surface area (Å²) >= 11 is 0. The lowest BCUT2D eigenvalue weighted by atomic mass is 10.2. The summed E-state index contributed by atoms with van der Waals surface area (Å²) in [5.74, 6) is -0.198. The van der Waals surface area contributed by atoms with Gasteiger partial charge in [-0.3, -0.25) is 0 Å². The van der Waals surface area contributed by atoms with Gasteiger partial charge in [0.05, 0.1) is 11.9 Å². The van der Waals surface area contributed by atoms with Crippen molar-refractivity contribution in [2.24, 2.45) is 0 Å². The van der Waals surface area contributed by atoms with Crippen LogP contribution >= 0.6 is 0 Å². The van der Waals surface area contributed by atoms with Crippen LogP contribution in [0.5, 0.6) is 0 Å². The Kier molecular flexibility index (Phi) is 4.63. The summed E-state index contributed by atoms with van der Waals surface area (Å²) in [6.45, 7) is 3.21. The van der Waals surface area contributed by atoms with E-state index < -0.39 is 5.82 Å². The fraction of sp³-hybridized carbons (Fsp3) is 0.267. The maximum atomic E-state index is 13.8. The van der Waals surface area contributed by atoms with Crippen molar-refractivity contribution in [2.45, 2.75) is 13.5 Å². The third-order valence-corrected chi connectivity index (χ3v) is 3.01. The molecule has 1 aromatic heterocycles. The fourth-order valence-corrected chi connectivity index (χ4v) is 2.00. The van der Waals surface area contributed by atoms with Crippen molar-refractivity contribution in [3.63, 3.8) is 0 Å². The van der Waals surface area contributed by atoms with Crippen LogP contribution in [0.1, 0.15) is 12.5 Å². The highest BCUT2D eigenvalue weighted by Gasteiger charge is 2.14. The monoisotopic (exact) mass is 277 g/mol. The van der Waals surface area contributed by atoms with Crippen LogP contribution in [-0.4, -0.2) is 18.6 Å². The number of halogens is 2. The molecule has 106 valence electrons. The molecule has 1 aromatic carbocycles. The highest BCUT2D eigenvalue weighted by molar-refractivity contribution is 5.62. The molecule has 2 rings (SSSR count). The minimum atomic E-state index is -0.399. The second-order valence-electron chi connectivity index (χ2n) is 4.43. The normalized spacial score (nSPS) is 10.6. The molecule has 0 saturated carbocycles. The van der Waals surface area contributed by atoms with Gasteiger partial charge in [0.1, 0.15) is 17.5 Å². The van der Waals surface area contributed by atoms with Crippen LogP contribution in [0, 0.1) is 11.6 Å². The fourth-order valence-electron chi connectivity index (χ4n) is 2.00. The first-order valence-electron chi connectivity index (χ1n) is 6.47. The summed E-state index contributed by atoms with van der Waals surface area (Å²) in [4.78, 5) is 5.72. The smallest absolute Gasteiger partial charge is 0.146 e. The Morgan fingerprint density at radius 3 is 2.70 bits per heavy atom. The molecule has 20 heavy (non-hydrogen) atoms. The van der Waals surface area contributed by atoms with Gasteiger partial charge in [0, 0.05) is 19.2 Å². The van der Waals surface area contributed by atoms with Crippen molar-refractivity contribution < 1.29 is 8.78 Å². The molecule has 0 radical (unpaired) electrons. The number of aromatic nitrogens is 1. The summed E-state index contributed by atoms with van der Waals surface area (Å²) < 4.78 is 27.2. The van der Waals surface area contributed by atoms with Gasteiger partial charge in [0.25, 0.3) is 0 Å². The van der Waals surface area contributed by atoms with E-state index >= 15 is 0 Å². The number of pyridine rings is 1. The standard InChI is InChI=1S/C15H17F2N3/c1-3-18-9-11-8-12(16)10-19-15(11)20(2)14-7-5-4-6-13(14)17/h4-8,10,18H,3,9H2,1-2H3. The van der Waals surface area contributed by atoms with Crippen LogP contribution in [0.3, 0.4) is 0 Å². The van der Waals surface area contributed by atoms with Gasteiger partial charge in [0.15, 0.2) is 0 Å². The van der Waals surface area contributed by atoms with E-state index in [1.807, 2.05) is 6.92 Å². The molecule has 0 fully saturated rings. The molecule has 0 bridgehead atoms.